The predicted molar refractivity (Wildman–Crippen MR) is 100 cm³/mol. The molecule has 0 bridgehead atoms. The van der Waals surface area contributed by atoms with Crippen LogP contribution in [0.25, 0.3) is 10.9 Å². The van der Waals surface area contributed by atoms with E-state index in [1.54, 1.807) is 7.11 Å². The summed E-state index contributed by atoms with van der Waals surface area (Å²) in [5.74, 6) is -0.000830. The molecule has 1 aliphatic rings. The average Bonchev–Trinajstić information content (AvgIpc) is 3.26. The zero-order valence-electron chi connectivity index (χ0n) is 15.4. The SMILES string of the molecule is COCC(=O)N1CCc2c([nH]c3ccccc23)[C@@H]1c1cnn(C(C)C)c1. The molecule has 1 aliphatic heterocycles. The number of ether oxygens (including phenoxy) is 1. The predicted octanol–water partition coefficient (Wildman–Crippen LogP) is 3.07. The van der Waals surface area contributed by atoms with Gasteiger partial charge in [0.2, 0.25) is 5.91 Å². The van der Waals surface area contributed by atoms with Crippen LogP contribution in [-0.2, 0) is 16.0 Å². The van der Waals surface area contributed by atoms with E-state index in [9.17, 15) is 4.79 Å². The lowest BCUT2D eigenvalue weighted by atomic mass is 9.94. The second kappa shape index (κ2) is 6.61. The summed E-state index contributed by atoms with van der Waals surface area (Å²) in [6.45, 7) is 4.96. The highest BCUT2D eigenvalue weighted by molar-refractivity contribution is 5.86. The number of aromatic nitrogens is 3. The molecule has 0 fully saturated rings. The third-order valence-corrected chi connectivity index (χ3v) is 5.09. The van der Waals surface area contributed by atoms with Crippen molar-refractivity contribution in [1.29, 1.82) is 0 Å². The van der Waals surface area contributed by atoms with Gasteiger partial charge in [0.25, 0.3) is 0 Å². The van der Waals surface area contributed by atoms with Crippen LogP contribution in [0.3, 0.4) is 0 Å². The molecule has 3 aromatic rings. The number of rotatable bonds is 4. The number of hydrogen-bond acceptors (Lipinski definition) is 3. The van der Waals surface area contributed by atoms with Gasteiger partial charge in [-0.1, -0.05) is 18.2 Å². The van der Waals surface area contributed by atoms with E-state index in [0.29, 0.717) is 6.54 Å². The lowest BCUT2D eigenvalue weighted by molar-refractivity contribution is -0.137. The van der Waals surface area contributed by atoms with E-state index < -0.39 is 0 Å². The number of carbonyl (C=O) groups is 1. The molecule has 0 aliphatic carbocycles. The number of nitrogens with one attached hydrogen (secondary N) is 1. The van der Waals surface area contributed by atoms with Crippen LogP contribution in [0.4, 0.5) is 0 Å². The van der Waals surface area contributed by atoms with E-state index in [0.717, 1.165) is 23.2 Å². The number of fused-ring (bicyclic) bond motifs is 3. The third-order valence-electron chi connectivity index (χ3n) is 5.09. The number of para-hydroxylation sites is 1. The first-order chi connectivity index (χ1) is 12.6. The Kier molecular flexibility index (Phi) is 4.28. The maximum atomic E-state index is 12.7. The molecule has 2 aromatic heterocycles. The first-order valence-corrected chi connectivity index (χ1v) is 9.02. The summed E-state index contributed by atoms with van der Waals surface area (Å²) in [6.07, 6.45) is 4.75. The summed E-state index contributed by atoms with van der Waals surface area (Å²) in [6, 6.07) is 8.43. The van der Waals surface area contributed by atoms with Crippen LogP contribution in [0, 0.1) is 0 Å². The monoisotopic (exact) mass is 352 g/mol. The van der Waals surface area contributed by atoms with E-state index >= 15 is 0 Å². The van der Waals surface area contributed by atoms with Crippen LogP contribution in [0.15, 0.2) is 36.7 Å². The lowest BCUT2D eigenvalue weighted by Crippen LogP contribution is -2.42. The largest absolute Gasteiger partial charge is 0.375 e. The quantitative estimate of drug-likeness (QED) is 0.785. The zero-order chi connectivity index (χ0) is 18.3. The summed E-state index contributed by atoms with van der Waals surface area (Å²) in [4.78, 5) is 18.2. The molecule has 6 nitrogen and oxygen atoms in total. The molecule has 4 rings (SSSR count). The number of carbonyl (C=O) groups excluding carboxylic acids is 1. The van der Waals surface area contributed by atoms with Crippen molar-refractivity contribution in [3.05, 3.63) is 53.5 Å². The molecule has 0 unspecified atom stereocenters. The maximum absolute atomic E-state index is 12.7. The fourth-order valence-electron chi connectivity index (χ4n) is 3.84. The molecule has 1 N–H and O–H groups in total. The third kappa shape index (κ3) is 2.70. The second-order valence-corrected chi connectivity index (χ2v) is 7.08. The maximum Gasteiger partial charge on any atom is 0.249 e. The van der Waals surface area contributed by atoms with Crippen molar-refractivity contribution in [2.45, 2.75) is 32.4 Å². The molecular weight excluding hydrogens is 328 g/mol. The Morgan fingerprint density at radius 2 is 2.19 bits per heavy atom. The Labute approximate surface area is 152 Å². The standard InChI is InChI=1S/C20H24N4O2/c1-13(2)24-11-14(10-21-24)20-19-16(8-9-23(20)18(25)12-26-3)15-6-4-5-7-17(15)22-19/h4-7,10-11,13,20,22H,8-9,12H2,1-3H3/t20-/m0/s1. The number of hydrogen-bond donors (Lipinski definition) is 1. The highest BCUT2D eigenvalue weighted by Crippen LogP contribution is 2.38. The summed E-state index contributed by atoms with van der Waals surface area (Å²) in [7, 11) is 1.56. The molecule has 6 heteroatoms. The van der Waals surface area contributed by atoms with E-state index in [1.807, 2.05) is 28.0 Å². The molecule has 1 atom stereocenters. The van der Waals surface area contributed by atoms with Gasteiger partial charge in [0.05, 0.1) is 6.20 Å². The fraction of sp³-hybridized carbons (Fsp3) is 0.400. The van der Waals surface area contributed by atoms with E-state index in [1.165, 1.54) is 10.9 Å². The molecule has 0 spiro atoms. The normalized spacial score (nSPS) is 17.1. The minimum absolute atomic E-state index is 0.000830. The summed E-state index contributed by atoms with van der Waals surface area (Å²) in [5, 5.41) is 5.73. The van der Waals surface area contributed by atoms with Crippen LogP contribution >= 0.6 is 0 Å². The number of nitrogens with zero attached hydrogens (tertiary/aromatic N) is 3. The molecule has 0 saturated carbocycles. The van der Waals surface area contributed by atoms with E-state index in [2.05, 4.69) is 42.1 Å². The van der Waals surface area contributed by atoms with Crippen molar-refractivity contribution in [2.24, 2.45) is 0 Å². The minimum atomic E-state index is -0.165. The molecule has 26 heavy (non-hydrogen) atoms. The summed E-state index contributed by atoms with van der Waals surface area (Å²) in [5.41, 5.74) is 4.52. The Hall–Kier alpha value is -2.60. The van der Waals surface area contributed by atoms with E-state index in [4.69, 9.17) is 4.74 Å². The highest BCUT2D eigenvalue weighted by atomic mass is 16.5. The number of amides is 1. The highest BCUT2D eigenvalue weighted by Gasteiger charge is 2.35. The molecule has 3 heterocycles. The molecule has 1 amide bonds. The van der Waals surface area contributed by atoms with Crippen LogP contribution in [0.1, 0.15) is 42.8 Å². The topological polar surface area (TPSA) is 63.1 Å². The Morgan fingerprint density at radius 1 is 1.38 bits per heavy atom. The van der Waals surface area contributed by atoms with Gasteiger partial charge in [-0.2, -0.15) is 5.10 Å². The van der Waals surface area contributed by atoms with Crippen molar-refractivity contribution in [3.8, 4) is 0 Å². The van der Waals surface area contributed by atoms with Crippen LogP contribution < -0.4 is 0 Å². The van der Waals surface area contributed by atoms with Crippen LogP contribution in [-0.4, -0.2) is 45.8 Å². The Bertz CT molecular complexity index is 940. The molecule has 0 saturated heterocycles. The van der Waals surface area contributed by atoms with Crippen molar-refractivity contribution in [1.82, 2.24) is 19.7 Å². The minimum Gasteiger partial charge on any atom is -0.375 e. The van der Waals surface area contributed by atoms with Gasteiger partial charge in [-0.15, -0.1) is 0 Å². The number of methoxy groups -OCH3 is 1. The average molecular weight is 352 g/mol. The first-order valence-electron chi connectivity index (χ1n) is 9.02. The molecule has 1 aromatic carbocycles. The zero-order valence-corrected chi connectivity index (χ0v) is 15.4. The number of H-pyrrole nitrogens is 1. The molecular formula is C20H24N4O2. The van der Waals surface area contributed by atoms with Crippen molar-refractivity contribution < 1.29 is 9.53 Å². The van der Waals surface area contributed by atoms with Gasteiger partial charge in [-0.25, -0.2) is 0 Å². The van der Waals surface area contributed by atoms with Gasteiger partial charge < -0.3 is 14.6 Å². The second-order valence-electron chi connectivity index (χ2n) is 7.08. The molecule has 0 radical (unpaired) electrons. The van der Waals surface area contributed by atoms with Crippen LogP contribution in [0.2, 0.25) is 0 Å². The van der Waals surface area contributed by atoms with Gasteiger partial charge in [-0.3, -0.25) is 9.48 Å². The molecule has 136 valence electrons. The first kappa shape index (κ1) is 16.8. The van der Waals surface area contributed by atoms with Gasteiger partial charge in [-0.05, 0) is 31.9 Å². The Morgan fingerprint density at radius 3 is 2.92 bits per heavy atom. The van der Waals surface area contributed by atoms with E-state index in [-0.39, 0.29) is 24.6 Å². The number of benzene rings is 1. The summed E-state index contributed by atoms with van der Waals surface area (Å²) < 4.78 is 7.04. The van der Waals surface area contributed by atoms with Gasteiger partial charge in [0.15, 0.2) is 0 Å². The summed E-state index contributed by atoms with van der Waals surface area (Å²) >= 11 is 0. The fourth-order valence-corrected chi connectivity index (χ4v) is 3.84. The van der Waals surface area contributed by atoms with Gasteiger partial charge >= 0.3 is 0 Å². The number of aromatic amines is 1. The van der Waals surface area contributed by atoms with Gasteiger partial charge in [0, 0.05) is 48.1 Å². The van der Waals surface area contributed by atoms with Gasteiger partial charge in [0.1, 0.15) is 12.6 Å². The van der Waals surface area contributed by atoms with Crippen LogP contribution in [0.5, 0.6) is 0 Å². The Balaban J connectivity index is 1.85. The lowest BCUT2D eigenvalue weighted by Gasteiger charge is -2.35. The van der Waals surface area contributed by atoms with Crippen molar-refractivity contribution >= 4 is 16.8 Å². The van der Waals surface area contributed by atoms with Crippen molar-refractivity contribution in [3.63, 3.8) is 0 Å². The smallest absolute Gasteiger partial charge is 0.249 e. The van der Waals surface area contributed by atoms with Crippen molar-refractivity contribution in [2.75, 3.05) is 20.3 Å².